The highest BCUT2D eigenvalue weighted by Crippen LogP contribution is 2.14. The molecule has 0 bridgehead atoms. The molecule has 0 aliphatic heterocycles. The highest BCUT2D eigenvalue weighted by molar-refractivity contribution is 4.83. The maximum absolute atomic E-state index is 11.2. The minimum atomic E-state index is -0.811. The van der Waals surface area contributed by atoms with Crippen molar-refractivity contribution in [2.24, 2.45) is 0 Å². The van der Waals surface area contributed by atoms with Gasteiger partial charge >= 0.3 is 0 Å². The molecule has 0 spiro atoms. The van der Waals surface area contributed by atoms with E-state index in [1.54, 1.807) is 0 Å². The van der Waals surface area contributed by atoms with Crippen molar-refractivity contribution in [2.45, 2.75) is 32.3 Å². The van der Waals surface area contributed by atoms with Crippen LogP contribution in [-0.2, 0) is 5.11 Å². The number of unbranched alkanes of at least 4 members (excludes halogenated alkanes) is 1. The summed E-state index contributed by atoms with van der Waals surface area (Å²) in [5.74, 6) is 0.276. The molecule has 0 saturated heterocycles. The lowest BCUT2D eigenvalue weighted by Gasteiger charge is -1.99. The molecule has 0 N–H and O–H groups in total. The Labute approximate surface area is 65.2 Å². The van der Waals surface area contributed by atoms with Gasteiger partial charge in [0.05, 0.1) is 0 Å². The summed E-state index contributed by atoms with van der Waals surface area (Å²) in [6.45, 7) is 2.04. The Morgan fingerprint density at radius 2 is 2.55 bits per heavy atom. The maximum Gasteiger partial charge on any atom is 0.213 e. The average Bonchev–Trinajstić information content (AvgIpc) is 2.52. The third-order valence-electron chi connectivity index (χ3n) is 1.49. The van der Waals surface area contributed by atoms with Gasteiger partial charge in [0, 0.05) is 0 Å². The van der Waals surface area contributed by atoms with Crippen LogP contribution in [0.5, 0.6) is 0 Å². The summed E-state index contributed by atoms with van der Waals surface area (Å²) in [6, 6.07) is 0. The largest absolute Gasteiger partial charge is 0.343 e. The summed E-state index contributed by atoms with van der Waals surface area (Å²) in [7, 11) is 0. The lowest BCUT2D eigenvalue weighted by molar-refractivity contribution is 0.0693. The maximum atomic E-state index is 11.2. The van der Waals surface area contributed by atoms with Crippen LogP contribution in [0.25, 0.3) is 0 Å². The molecular formula is C7H11N2O2. The van der Waals surface area contributed by atoms with Crippen LogP contribution in [0.1, 0.15) is 38.1 Å². The van der Waals surface area contributed by atoms with E-state index >= 15 is 0 Å². The molecule has 11 heavy (non-hydrogen) atoms. The van der Waals surface area contributed by atoms with Gasteiger partial charge in [-0.05, 0) is 6.42 Å². The first-order chi connectivity index (χ1) is 5.34. The third kappa shape index (κ3) is 2.31. The molecule has 0 aliphatic carbocycles. The Morgan fingerprint density at radius 1 is 1.73 bits per heavy atom. The van der Waals surface area contributed by atoms with E-state index in [9.17, 15) is 5.11 Å². The van der Waals surface area contributed by atoms with Gasteiger partial charge in [0.2, 0.25) is 12.2 Å². The minimum Gasteiger partial charge on any atom is -0.343 e. The number of hydrogen-bond donors (Lipinski definition) is 0. The predicted octanol–water partition coefficient (Wildman–Crippen LogP) is 1.73. The Hall–Kier alpha value is -0.900. The fourth-order valence-corrected chi connectivity index (χ4v) is 0.839. The number of aromatic nitrogens is 2. The van der Waals surface area contributed by atoms with E-state index in [-0.39, 0.29) is 5.82 Å². The van der Waals surface area contributed by atoms with Crippen LogP contribution < -0.4 is 0 Å². The zero-order chi connectivity index (χ0) is 8.10. The smallest absolute Gasteiger partial charge is 0.213 e. The molecular weight excluding hydrogens is 144 g/mol. The topological polar surface area (TPSA) is 58.8 Å². The van der Waals surface area contributed by atoms with Crippen molar-refractivity contribution in [3.8, 4) is 0 Å². The van der Waals surface area contributed by atoms with Crippen LogP contribution in [0.15, 0.2) is 10.9 Å². The van der Waals surface area contributed by atoms with Crippen molar-refractivity contribution < 1.29 is 9.63 Å². The molecule has 1 unspecified atom stereocenters. The van der Waals surface area contributed by atoms with Crippen molar-refractivity contribution in [1.29, 1.82) is 0 Å². The Balaban J connectivity index is 2.36. The van der Waals surface area contributed by atoms with Gasteiger partial charge in [-0.15, -0.1) is 0 Å². The van der Waals surface area contributed by atoms with Gasteiger partial charge in [0.15, 0.2) is 6.10 Å². The third-order valence-corrected chi connectivity index (χ3v) is 1.49. The highest BCUT2D eigenvalue weighted by Gasteiger charge is 2.12. The van der Waals surface area contributed by atoms with Crippen molar-refractivity contribution >= 4 is 0 Å². The fourth-order valence-electron chi connectivity index (χ4n) is 0.839. The first-order valence-electron chi connectivity index (χ1n) is 3.76. The molecule has 4 heteroatoms. The van der Waals surface area contributed by atoms with Crippen molar-refractivity contribution in [3.05, 3.63) is 12.2 Å². The quantitative estimate of drug-likeness (QED) is 0.665. The summed E-state index contributed by atoms with van der Waals surface area (Å²) in [5.41, 5.74) is 0. The summed E-state index contributed by atoms with van der Waals surface area (Å²) < 4.78 is 4.45. The van der Waals surface area contributed by atoms with E-state index in [0.717, 1.165) is 12.8 Å². The van der Waals surface area contributed by atoms with Crippen LogP contribution in [0, 0.1) is 0 Å². The van der Waals surface area contributed by atoms with E-state index in [2.05, 4.69) is 14.7 Å². The van der Waals surface area contributed by atoms with Crippen LogP contribution in [0.2, 0.25) is 0 Å². The molecule has 0 fully saturated rings. The van der Waals surface area contributed by atoms with E-state index < -0.39 is 6.10 Å². The molecule has 0 aliphatic rings. The van der Waals surface area contributed by atoms with E-state index in [1.807, 2.05) is 6.92 Å². The van der Waals surface area contributed by atoms with Crippen LogP contribution in [0.4, 0.5) is 0 Å². The summed E-state index contributed by atoms with van der Waals surface area (Å²) in [4.78, 5) is 3.68. The second-order valence-corrected chi connectivity index (χ2v) is 2.42. The molecule has 1 aromatic heterocycles. The molecule has 0 amide bonds. The van der Waals surface area contributed by atoms with Crippen molar-refractivity contribution in [3.63, 3.8) is 0 Å². The minimum absolute atomic E-state index is 0.276. The second-order valence-electron chi connectivity index (χ2n) is 2.42. The summed E-state index contributed by atoms with van der Waals surface area (Å²) in [6.07, 6.45) is 2.91. The molecule has 1 heterocycles. The molecule has 1 aromatic rings. The molecule has 1 atom stereocenters. The molecule has 61 valence electrons. The zero-order valence-corrected chi connectivity index (χ0v) is 6.49. The number of hydrogen-bond acceptors (Lipinski definition) is 3. The fraction of sp³-hybridized carbons (Fsp3) is 0.714. The van der Waals surface area contributed by atoms with Crippen LogP contribution in [0.3, 0.4) is 0 Å². The summed E-state index contributed by atoms with van der Waals surface area (Å²) >= 11 is 0. The van der Waals surface area contributed by atoms with Gasteiger partial charge in [-0.2, -0.15) is 4.98 Å². The van der Waals surface area contributed by atoms with Crippen LogP contribution >= 0.6 is 0 Å². The van der Waals surface area contributed by atoms with Gasteiger partial charge in [-0.3, -0.25) is 0 Å². The number of nitrogens with zero attached hydrogens (tertiary/aromatic N) is 2. The van der Waals surface area contributed by atoms with Crippen LogP contribution in [-0.4, -0.2) is 10.1 Å². The Bertz CT molecular complexity index is 186. The first kappa shape index (κ1) is 8.20. The average molecular weight is 155 g/mol. The van der Waals surface area contributed by atoms with E-state index in [4.69, 9.17) is 0 Å². The zero-order valence-electron chi connectivity index (χ0n) is 6.49. The normalized spacial score (nSPS) is 13.3. The van der Waals surface area contributed by atoms with E-state index in [0.29, 0.717) is 6.42 Å². The monoisotopic (exact) mass is 155 g/mol. The number of rotatable bonds is 4. The first-order valence-corrected chi connectivity index (χ1v) is 3.76. The molecule has 0 aromatic carbocycles. The second kappa shape index (κ2) is 4.08. The lowest BCUT2D eigenvalue weighted by Crippen LogP contribution is -1.97. The lowest BCUT2D eigenvalue weighted by atomic mass is 10.1. The van der Waals surface area contributed by atoms with Gasteiger partial charge in [0.25, 0.3) is 0 Å². The molecule has 1 radical (unpaired) electrons. The summed E-state index contributed by atoms with van der Waals surface area (Å²) in [5, 5.41) is 14.6. The molecule has 4 nitrogen and oxygen atoms in total. The van der Waals surface area contributed by atoms with Gasteiger partial charge in [0.1, 0.15) is 0 Å². The molecule has 1 rings (SSSR count). The van der Waals surface area contributed by atoms with Gasteiger partial charge in [-0.1, -0.05) is 24.9 Å². The standard InChI is InChI=1S/C7H11N2O2/c1-2-3-4-6(10)7-8-5-11-9-7/h5-6H,2-4H2,1H3. The Kier molecular flexibility index (Phi) is 3.04. The SMILES string of the molecule is CCCCC([O])c1ncon1. The molecule has 0 saturated carbocycles. The van der Waals surface area contributed by atoms with E-state index in [1.165, 1.54) is 6.39 Å². The Morgan fingerprint density at radius 3 is 3.09 bits per heavy atom. The van der Waals surface area contributed by atoms with Gasteiger partial charge < -0.3 is 4.52 Å². The predicted molar refractivity (Wildman–Crippen MR) is 37.3 cm³/mol. The highest BCUT2D eigenvalue weighted by atomic mass is 16.5. The van der Waals surface area contributed by atoms with Crippen molar-refractivity contribution in [2.75, 3.05) is 0 Å². The van der Waals surface area contributed by atoms with Crippen molar-refractivity contribution in [1.82, 2.24) is 10.1 Å². The van der Waals surface area contributed by atoms with Gasteiger partial charge in [-0.25, -0.2) is 5.11 Å².